The number of carbonyl (C=O) groups excluding carboxylic acids is 1. The molecule has 0 bridgehead atoms. The molecule has 0 spiro atoms. The van der Waals surface area contributed by atoms with Crippen molar-refractivity contribution in [2.45, 2.75) is 32.2 Å². The second-order valence-electron chi connectivity index (χ2n) is 4.72. The van der Waals surface area contributed by atoms with Gasteiger partial charge in [0.2, 0.25) is 0 Å². The van der Waals surface area contributed by atoms with Crippen LogP contribution in [0.1, 0.15) is 36.5 Å². The van der Waals surface area contributed by atoms with Crippen molar-refractivity contribution in [2.24, 2.45) is 0 Å². The predicted octanol–water partition coefficient (Wildman–Crippen LogP) is 2.42. The Balaban J connectivity index is 2.22. The van der Waals surface area contributed by atoms with E-state index in [1.54, 1.807) is 19.2 Å². The zero-order valence-electron chi connectivity index (χ0n) is 11.6. The minimum Gasteiger partial charge on any atom is -0.496 e. The van der Waals surface area contributed by atoms with Crippen LogP contribution >= 0.6 is 0 Å². The molecular formula is C15H21NO3. The van der Waals surface area contributed by atoms with Gasteiger partial charge in [0.25, 0.3) is 0 Å². The third kappa shape index (κ3) is 3.26. The van der Waals surface area contributed by atoms with E-state index in [9.17, 15) is 4.79 Å². The molecule has 1 aromatic carbocycles. The van der Waals surface area contributed by atoms with Crippen LogP contribution in [0.4, 0.5) is 0 Å². The molecule has 1 heterocycles. The maximum absolute atomic E-state index is 12.5. The van der Waals surface area contributed by atoms with Gasteiger partial charge in [-0.05, 0) is 44.0 Å². The molecule has 1 aliphatic heterocycles. The van der Waals surface area contributed by atoms with E-state index in [0.29, 0.717) is 17.9 Å². The molecule has 1 N–H and O–H groups in total. The van der Waals surface area contributed by atoms with E-state index in [0.717, 1.165) is 31.6 Å². The van der Waals surface area contributed by atoms with Crippen molar-refractivity contribution in [1.29, 1.82) is 0 Å². The van der Waals surface area contributed by atoms with Crippen molar-refractivity contribution in [2.75, 3.05) is 20.3 Å². The predicted molar refractivity (Wildman–Crippen MR) is 74.1 cm³/mol. The molecule has 0 saturated carbocycles. The van der Waals surface area contributed by atoms with Crippen molar-refractivity contribution >= 4 is 5.78 Å². The van der Waals surface area contributed by atoms with E-state index in [2.05, 4.69) is 12.2 Å². The maximum atomic E-state index is 12.5. The average molecular weight is 263 g/mol. The lowest BCUT2D eigenvalue weighted by molar-refractivity contribution is 0.0949. The third-order valence-electron chi connectivity index (χ3n) is 3.29. The molecule has 0 radical (unpaired) electrons. The number of Topliss-reactive ketones (excluding diaryl/α,β-unsaturated/α-hetero) is 1. The third-order valence-corrected chi connectivity index (χ3v) is 3.29. The molecule has 1 aliphatic rings. The summed E-state index contributed by atoms with van der Waals surface area (Å²) in [5.41, 5.74) is 0.607. The largest absolute Gasteiger partial charge is 0.496 e. The van der Waals surface area contributed by atoms with Crippen LogP contribution in [0.25, 0.3) is 0 Å². The van der Waals surface area contributed by atoms with Crippen molar-refractivity contribution in [1.82, 2.24) is 5.32 Å². The van der Waals surface area contributed by atoms with Gasteiger partial charge in [0.15, 0.2) is 5.78 Å². The van der Waals surface area contributed by atoms with E-state index in [4.69, 9.17) is 9.47 Å². The Labute approximate surface area is 114 Å². The smallest absolute Gasteiger partial charge is 0.183 e. The molecule has 1 aromatic rings. The molecule has 0 aromatic heterocycles. The van der Waals surface area contributed by atoms with E-state index in [1.807, 2.05) is 6.07 Å². The zero-order valence-corrected chi connectivity index (χ0v) is 11.6. The van der Waals surface area contributed by atoms with Gasteiger partial charge in [-0.3, -0.25) is 4.79 Å². The quantitative estimate of drug-likeness (QED) is 0.801. The summed E-state index contributed by atoms with van der Waals surface area (Å²) in [6, 6.07) is 5.34. The molecule has 104 valence electrons. The van der Waals surface area contributed by atoms with Crippen LogP contribution in [-0.2, 0) is 0 Å². The summed E-state index contributed by atoms with van der Waals surface area (Å²) >= 11 is 0. The summed E-state index contributed by atoms with van der Waals surface area (Å²) in [6.45, 7) is 3.62. The Bertz CT molecular complexity index is 439. The fourth-order valence-electron chi connectivity index (χ4n) is 2.29. The molecule has 19 heavy (non-hydrogen) atoms. The average Bonchev–Trinajstić information content (AvgIpc) is 2.98. The number of hydrogen-bond donors (Lipinski definition) is 1. The molecule has 1 saturated heterocycles. The SMILES string of the molecule is CCCOc1ccc(OC)c(C(=O)C2CCCN2)c1. The minimum atomic E-state index is -0.0877. The van der Waals surface area contributed by atoms with Gasteiger partial charge < -0.3 is 14.8 Å². The molecule has 1 atom stereocenters. The van der Waals surface area contributed by atoms with Crippen molar-refractivity contribution in [3.63, 3.8) is 0 Å². The molecule has 1 unspecified atom stereocenters. The minimum absolute atomic E-state index is 0.0877. The normalized spacial score (nSPS) is 18.3. The van der Waals surface area contributed by atoms with Crippen LogP contribution in [-0.4, -0.2) is 32.1 Å². The first-order valence-corrected chi connectivity index (χ1v) is 6.84. The molecule has 4 nitrogen and oxygen atoms in total. The van der Waals surface area contributed by atoms with Crippen LogP contribution in [0.3, 0.4) is 0 Å². The van der Waals surface area contributed by atoms with Gasteiger partial charge in [0, 0.05) is 0 Å². The van der Waals surface area contributed by atoms with Gasteiger partial charge in [-0.1, -0.05) is 6.92 Å². The summed E-state index contributed by atoms with van der Waals surface area (Å²) in [7, 11) is 1.58. The van der Waals surface area contributed by atoms with E-state index >= 15 is 0 Å². The highest BCUT2D eigenvalue weighted by atomic mass is 16.5. The second-order valence-corrected chi connectivity index (χ2v) is 4.72. The second kappa shape index (κ2) is 6.57. The van der Waals surface area contributed by atoms with E-state index < -0.39 is 0 Å². The maximum Gasteiger partial charge on any atom is 0.183 e. The molecule has 4 heteroatoms. The van der Waals surface area contributed by atoms with Gasteiger partial charge in [-0.25, -0.2) is 0 Å². The summed E-state index contributed by atoms with van der Waals surface area (Å²) in [4.78, 5) is 12.5. The number of nitrogens with one attached hydrogen (secondary N) is 1. The first kappa shape index (κ1) is 13.9. The number of hydrogen-bond acceptors (Lipinski definition) is 4. The Morgan fingerprint density at radius 2 is 2.32 bits per heavy atom. The number of rotatable bonds is 6. The highest BCUT2D eigenvalue weighted by molar-refractivity contribution is 6.02. The summed E-state index contributed by atoms with van der Waals surface area (Å²) in [5, 5.41) is 3.22. The highest BCUT2D eigenvalue weighted by Crippen LogP contribution is 2.26. The number of ether oxygens (including phenoxy) is 2. The van der Waals surface area contributed by atoms with Crippen LogP contribution in [0, 0.1) is 0 Å². The number of carbonyl (C=O) groups is 1. The molecule has 0 amide bonds. The summed E-state index contributed by atoms with van der Waals surface area (Å²) < 4.78 is 10.9. The molecule has 2 rings (SSSR count). The van der Waals surface area contributed by atoms with Crippen molar-refractivity contribution < 1.29 is 14.3 Å². The fourth-order valence-corrected chi connectivity index (χ4v) is 2.29. The summed E-state index contributed by atoms with van der Waals surface area (Å²) in [6.07, 6.45) is 2.88. The zero-order chi connectivity index (χ0) is 13.7. The van der Waals surface area contributed by atoms with Gasteiger partial charge in [0.1, 0.15) is 11.5 Å². The fraction of sp³-hybridized carbons (Fsp3) is 0.533. The number of benzene rings is 1. The Kier molecular flexibility index (Phi) is 4.80. The van der Waals surface area contributed by atoms with Gasteiger partial charge in [0.05, 0.1) is 25.3 Å². The first-order chi connectivity index (χ1) is 9.26. The topological polar surface area (TPSA) is 47.6 Å². The van der Waals surface area contributed by atoms with Crippen LogP contribution < -0.4 is 14.8 Å². The van der Waals surface area contributed by atoms with Crippen LogP contribution in [0.5, 0.6) is 11.5 Å². The monoisotopic (exact) mass is 263 g/mol. The van der Waals surface area contributed by atoms with Gasteiger partial charge >= 0.3 is 0 Å². The van der Waals surface area contributed by atoms with Crippen molar-refractivity contribution in [3.8, 4) is 11.5 Å². The number of methoxy groups -OCH3 is 1. The van der Waals surface area contributed by atoms with Crippen LogP contribution in [0.15, 0.2) is 18.2 Å². The number of ketones is 1. The Morgan fingerprint density at radius 3 is 2.95 bits per heavy atom. The Morgan fingerprint density at radius 1 is 1.47 bits per heavy atom. The van der Waals surface area contributed by atoms with Crippen molar-refractivity contribution in [3.05, 3.63) is 23.8 Å². The lowest BCUT2D eigenvalue weighted by Crippen LogP contribution is -2.31. The van der Waals surface area contributed by atoms with E-state index in [1.165, 1.54) is 0 Å². The lowest BCUT2D eigenvalue weighted by atomic mass is 10.0. The molecule has 0 aliphatic carbocycles. The molecule has 1 fully saturated rings. The summed E-state index contributed by atoms with van der Waals surface area (Å²) in [5.74, 6) is 1.43. The highest BCUT2D eigenvalue weighted by Gasteiger charge is 2.26. The standard InChI is InChI=1S/C15H21NO3/c1-3-9-19-11-6-7-14(18-2)12(10-11)15(17)13-5-4-8-16-13/h6-7,10,13,16H,3-5,8-9H2,1-2H3. The van der Waals surface area contributed by atoms with Gasteiger partial charge in [-0.2, -0.15) is 0 Å². The lowest BCUT2D eigenvalue weighted by Gasteiger charge is -2.14. The van der Waals surface area contributed by atoms with Crippen LogP contribution in [0.2, 0.25) is 0 Å². The first-order valence-electron chi connectivity index (χ1n) is 6.84. The molecular weight excluding hydrogens is 242 g/mol. The van der Waals surface area contributed by atoms with E-state index in [-0.39, 0.29) is 11.8 Å². The van der Waals surface area contributed by atoms with Gasteiger partial charge in [-0.15, -0.1) is 0 Å². The Hall–Kier alpha value is -1.55.